The van der Waals surface area contributed by atoms with E-state index in [1.165, 1.54) is 12.1 Å². The molecule has 6 heteroatoms. The van der Waals surface area contributed by atoms with E-state index in [1.54, 1.807) is 26.0 Å². The van der Waals surface area contributed by atoms with E-state index in [0.717, 1.165) is 0 Å². The molecule has 0 saturated heterocycles. The van der Waals surface area contributed by atoms with Gasteiger partial charge in [0.2, 0.25) is 10.0 Å². The summed E-state index contributed by atoms with van der Waals surface area (Å²) in [6.45, 7) is 5.85. The van der Waals surface area contributed by atoms with Crippen molar-refractivity contribution in [3.63, 3.8) is 0 Å². The number of ether oxygens (including phenoxy) is 1. The van der Waals surface area contributed by atoms with Crippen LogP contribution in [0, 0.1) is 5.92 Å². The number of hydrogen-bond donors (Lipinski definition) is 2. The van der Waals surface area contributed by atoms with Crippen molar-refractivity contribution >= 4 is 10.0 Å². The molecule has 0 heterocycles. The molecule has 0 bridgehead atoms. The highest BCUT2D eigenvalue weighted by Crippen LogP contribution is 2.17. The van der Waals surface area contributed by atoms with Crippen LogP contribution in [0.2, 0.25) is 0 Å². The molecule has 19 heavy (non-hydrogen) atoms. The van der Waals surface area contributed by atoms with E-state index >= 15 is 0 Å². The lowest BCUT2D eigenvalue weighted by Crippen LogP contribution is -2.38. The Balaban J connectivity index is 2.82. The maximum absolute atomic E-state index is 12.1. The van der Waals surface area contributed by atoms with Gasteiger partial charge >= 0.3 is 0 Å². The Morgan fingerprint density at radius 3 is 2.32 bits per heavy atom. The van der Waals surface area contributed by atoms with Crippen molar-refractivity contribution in [2.45, 2.75) is 31.7 Å². The van der Waals surface area contributed by atoms with Crippen LogP contribution in [0.5, 0.6) is 5.75 Å². The predicted octanol–water partition coefficient (Wildman–Crippen LogP) is 1.38. The van der Waals surface area contributed by atoms with E-state index in [-0.39, 0.29) is 23.5 Å². The Morgan fingerprint density at radius 1 is 1.26 bits per heavy atom. The van der Waals surface area contributed by atoms with Crippen molar-refractivity contribution in [1.82, 2.24) is 4.72 Å². The normalized spacial score (nSPS) is 14.9. The second kappa shape index (κ2) is 6.88. The number of sulfonamides is 1. The Hall–Kier alpha value is -1.11. The zero-order valence-corrected chi connectivity index (χ0v) is 12.3. The molecule has 0 fully saturated rings. The number of rotatable bonds is 7. The summed E-state index contributed by atoms with van der Waals surface area (Å²) in [5, 5.41) is 9.02. The van der Waals surface area contributed by atoms with E-state index in [1.807, 2.05) is 6.92 Å². The van der Waals surface area contributed by atoms with Crippen LogP contribution in [0.3, 0.4) is 0 Å². The molecule has 0 aromatic heterocycles. The third-order valence-electron chi connectivity index (χ3n) is 2.93. The molecular weight excluding hydrogens is 266 g/mol. The fraction of sp³-hybridized carbons (Fsp3) is 0.538. The monoisotopic (exact) mass is 287 g/mol. The first-order chi connectivity index (χ1) is 8.90. The van der Waals surface area contributed by atoms with Crippen LogP contribution in [0.4, 0.5) is 0 Å². The number of hydrogen-bond acceptors (Lipinski definition) is 4. The fourth-order valence-corrected chi connectivity index (χ4v) is 2.82. The zero-order chi connectivity index (χ0) is 14.5. The van der Waals surface area contributed by atoms with Gasteiger partial charge in [0.1, 0.15) is 5.75 Å². The lowest BCUT2D eigenvalue weighted by Gasteiger charge is -2.19. The first kappa shape index (κ1) is 15.9. The molecule has 0 amide bonds. The van der Waals surface area contributed by atoms with Crippen LogP contribution < -0.4 is 9.46 Å². The molecule has 2 unspecified atom stereocenters. The summed E-state index contributed by atoms with van der Waals surface area (Å²) in [4.78, 5) is 0.188. The van der Waals surface area contributed by atoms with Crippen LogP contribution in [0.1, 0.15) is 20.8 Å². The molecular formula is C13H21NO4S. The molecule has 1 rings (SSSR count). The van der Waals surface area contributed by atoms with Crippen molar-refractivity contribution in [3.05, 3.63) is 24.3 Å². The summed E-state index contributed by atoms with van der Waals surface area (Å²) < 4.78 is 32.0. The molecule has 0 aliphatic heterocycles. The average molecular weight is 287 g/mol. The van der Waals surface area contributed by atoms with Gasteiger partial charge in [0.05, 0.1) is 11.5 Å². The maximum Gasteiger partial charge on any atom is 0.240 e. The second-order valence-corrected chi connectivity index (χ2v) is 6.19. The van der Waals surface area contributed by atoms with Gasteiger partial charge in [0, 0.05) is 12.6 Å². The fourth-order valence-electron chi connectivity index (χ4n) is 1.47. The Bertz CT molecular complexity index is 484. The molecule has 108 valence electrons. The molecule has 1 aromatic rings. The van der Waals surface area contributed by atoms with Gasteiger partial charge in [-0.15, -0.1) is 0 Å². The molecule has 5 nitrogen and oxygen atoms in total. The highest BCUT2D eigenvalue weighted by Gasteiger charge is 2.20. The SMILES string of the molecule is CCOc1ccc(S(=O)(=O)NC(C)C(C)CO)cc1. The van der Waals surface area contributed by atoms with Crippen molar-refractivity contribution < 1.29 is 18.3 Å². The van der Waals surface area contributed by atoms with Crippen molar-refractivity contribution in [2.24, 2.45) is 5.92 Å². The topological polar surface area (TPSA) is 75.6 Å². The van der Waals surface area contributed by atoms with Gasteiger partial charge in [-0.1, -0.05) is 6.92 Å². The van der Waals surface area contributed by atoms with Crippen LogP contribution in [0.15, 0.2) is 29.2 Å². The summed E-state index contributed by atoms with van der Waals surface area (Å²) in [7, 11) is -3.56. The first-order valence-corrected chi connectivity index (χ1v) is 7.75. The van der Waals surface area contributed by atoms with Gasteiger partial charge in [-0.05, 0) is 44.0 Å². The zero-order valence-electron chi connectivity index (χ0n) is 11.5. The van der Waals surface area contributed by atoms with E-state index in [9.17, 15) is 8.42 Å². The van der Waals surface area contributed by atoms with Crippen LogP contribution in [-0.2, 0) is 10.0 Å². The lowest BCUT2D eigenvalue weighted by atomic mass is 10.1. The standard InChI is InChI=1S/C13H21NO4S/c1-4-18-12-5-7-13(8-6-12)19(16,17)14-11(3)10(2)9-15/h5-8,10-11,14-15H,4,9H2,1-3H3. The third kappa shape index (κ3) is 4.49. The third-order valence-corrected chi connectivity index (χ3v) is 4.50. The quantitative estimate of drug-likeness (QED) is 0.794. The van der Waals surface area contributed by atoms with Gasteiger partial charge in [-0.2, -0.15) is 0 Å². The second-order valence-electron chi connectivity index (χ2n) is 4.47. The number of nitrogens with one attached hydrogen (secondary N) is 1. The minimum absolute atomic E-state index is 0.0625. The molecule has 0 aliphatic carbocycles. The van der Waals surface area contributed by atoms with E-state index in [2.05, 4.69) is 4.72 Å². The van der Waals surface area contributed by atoms with Gasteiger partial charge in [-0.3, -0.25) is 0 Å². The van der Waals surface area contributed by atoms with Crippen LogP contribution in [0.25, 0.3) is 0 Å². The van der Waals surface area contributed by atoms with Gasteiger partial charge in [-0.25, -0.2) is 13.1 Å². The Morgan fingerprint density at radius 2 is 1.84 bits per heavy atom. The minimum Gasteiger partial charge on any atom is -0.494 e. The maximum atomic E-state index is 12.1. The predicted molar refractivity (Wildman–Crippen MR) is 73.6 cm³/mol. The van der Waals surface area contributed by atoms with Gasteiger partial charge in [0.25, 0.3) is 0 Å². The minimum atomic E-state index is -3.56. The van der Waals surface area contributed by atoms with Crippen LogP contribution in [-0.4, -0.2) is 32.8 Å². The summed E-state index contributed by atoms with van der Waals surface area (Å²) in [5.74, 6) is 0.496. The Kier molecular flexibility index (Phi) is 5.78. The van der Waals surface area contributed by atoms with E-state index in [0.29, 0.717) is 12.4 Å². The van der Waals surface area contributed by atoms with Crippen molar-refractivity contribution in [3.8, 4) is 5.75 Å². The highest BCUT2D eigenvalue weighted by molar-refractivity contribution is 7.89. The van der Waals surface area contributed by atoms with E-state index < -0.39 is 10.0 Å². The molecule has 0 spiro atoms. The number of aliphatic hydroxyl groups excluding tert-OH is 1. The highest BCUT2D eigenvalue weighted by atomic mass is 32.2. The smallest absolute Gasteiger partial charge is 0.240 e. The molecule has 2 atom stereocenters. The van der Waals surface area contributed by atoms with Gasteiger partial charge in [0.15, 0.2) is 0 Å². The molecule has 1 aromatic carbocycles. The van der Waals surface area contributed by atoms with E-state index in [4.69, 9.17) is 9.84 Å². The summed E-state index contributed by atoms with van der Waals surface area (Å²) in [6.07, 6.45) is 0. The lowest BCUT2D eigenvalue weighted by molar-refractivity contribution is 0.216. The number of benzene rings is 1. The summed E-state index contributed by atoms with van der Waals surface area (Å²) in [5.41, 5.74) is 0. The summed E-state index contributed by atoms with van der Waals surface area (Å²) in [6, 6.07) is 5.92. The summed E-state index contributed by atoms with van der Waals surface area (Å²) >= 11 is 0. The largest absolute Gasteiger partial charge is 0.494 e. The molecule has 0 aliphatic rings. The van der Waals surface area contributed by atoms with Crippen molar-refractivity contribution in [2.75, 3.05) is 13.2 Å². The van der Waals surface area contributed by atoms with Crippen molar-refractivity contribution in [1.29, 1.82) is 0 Å². The average Bonchev–Trinajstić information content (AvgIpc) is 2.38. The number of aliphatic hydroxyl groups is 1. The van der Waals surface area contributed by atoms with Crippen LogP contribution >= 0.6 is 0 Å². The first-order valence-electron chi connectivity index (χ1n) is 6.26. The molecule has 0 saturated carbocycles. The Labute approximate surface area is 114 Å². The van der Waals surface area contributed by atoms with Gasteiger partial charge < -0.3 is 9.84 Å². The molecule has 2 N–H and O–H groups in total. The molecule has 0 radical (unpaired) electrons.